The Hall–Kier alpha value is -1.87. The highest BCUT2D eigenvalue weighted by molar-refractivity contribution is 5.24. The Morgan fingerprint density at radius 2 is 1.89 bits per heavy atom. The largest absolute Gasteiger partial charge is 0.478 e. The maximum absolute atomic E-state index is 9.12. The molecule has 1 N–H and O–H groups in total. The molecule has 0 unspecified atom stereocenters. The smallest absolute Gasteiger partial charge is 0.213 e. The van der Waals surface area contributed by atoms with Gasteiger partial charge in [-0.25, -0.2) is 4.98 Å². The second-order valence-electron chi connectivity index (χ2n) is 4.55. The van der Waals surface area contributed by atoms with Crippen molar-refractivity contribution in [1.82, 2.24) is 4.98 Å². The summed E-state index contributed by atoms with van der Waals surface area (Å²) in [6.45, 7) is 2.55. The number of hydrogen-bond donors (Lipinski definition) is 1. The standard InChI is InChI=1S/C16H19NO2/c1-13-10-15(12-18)11-16(17-13)19-9-5-8-14-6-3-2-4-7-14/h2-4,6-7,10-11,18H,5,8-9,12H2,1H3. The lowest BCUT2D eigenvalue weighted by molar-refractivity contribution is 0.276. The van der Waals surface area contributed by atoms with Gasteiger partial charge in [-0.1, -0.05) is 30.3 Å². The van der Waals surface area contributed by atoms with Crippen LogP contribution in [0.5, 0.6) is 5.88 Å². The van der Waals surface area contributed by atoms with Crippen LogP contribution in [0, 0.1) is 6.92 Å². The Kier molecular flexibility index (Phi) is 4.93. The Bertz CT molecular complexity index is 511. The van der Waals surface area contributed by atoms with Crippen molar-refractivity contribution in [2.75, 3.05) is 6.61 Å². The molecular weight excluding hydrogens is 238 g/mol. The van der Waals surface area contributed by atoms with Gasteiger partial charge >= 0.3 is 0 Å². The van der Waals surface area contributed by atoms with Crippen molar-refractivity contribution in [3.63, 3.8) is 0 Å². The second-order valence-corrected chi connectivity index (χ2v) is 4.55. The van der Waals surface area contributed by atoms with E-state index in [9.17, 15) is 0 Å². The average molecular weight is 257 g/mol. The summed E-state index contributed by atoms with van der Waals surface area (Å²) in [6, 6.07) is 14.0. The highest BCUT2D eigenvalue weighted by atomic mass is 16.5. The molecule has 2 rings (SSSR count). The van der Waals surface area contributed by atoms with Crippen LogP contribution in [0.15, 0.2) is 42.5 Å². The molecule has 0 saturated heterocycles. The Balaban J connectivity index is 1.81. The lowest BCUT2D eigenvalue weighted by Crippen LogP contribution is -2.02. The molecule has 0 aliphatic heterocycles. The predicted molar refractivity (Wildman–Crippen MR) is 75.2 cm³/mol. The van der Waals surface area contributed by atoms with E-state index in [1.165, 1.54) is 5.56 Å². The number of benzene rings is 1. The quantitative estimate of drug-likeness (QED) is 0.809. The van der Waals surface area contributed by atoms with Crippen LogP contribution in [0.2, 0.25) is 0 Å². The third-order valence-electron chi connectivity index (χ3n) is 2.87. The molecular formula is C16H19NO2. The summed E-state index contributed by atoms with van der Waals surface area (Å²) in [5.41, 5.74) is 3.02. The number of pyridine rings is 1. The van der Waals surface area contributed by atoms with Gasteiger partial charge in [0, 0.05) is 11.8 Å². The van der Waals surface area contributed by atoms with Gasteiger partial charge in [0.2, 0.25) is 5.88 Å². The van der Waals surface area contributed by atoms with Crippen molar-refractivity contribution in [2.24, 2.45) is 0 Å². The minimum Gasteiger partial charge on any atom is -0.478 e. The van der Waals surface area contributed by atoms with Gasteiger partial charge in [-0.15, -0.1) is 0 Å². The molecule has 1 aromatic carbocycles. The van der Waals surface area contributed by atoms with Gasteiger partial charge in [-0.2, -0.15) is 0 Å². The van der Waals surface area contributed by atoms with Gasteiger partial charge in [0.05, 0.1) is 13.2 Å². The molecule has 100 valence electrons. The molecule has 3 nitrogen and oxygen atoms in total. The first kappa shape index (κ1) is 13.6. The lowest BCUT2D eigenvalue weighted by Gasteiger charge is -2.07. The maximum Gasteiger partial charge on any atom is 0.213 e. The van der Waals surface area contributed by atoms with Gasteiger partial charge < -0.3 is 9.84 Å². The average Bonchev–Trinajstić information content (AvgIpc) is 2.44. The van der Waals surface area contributed by atoms with Gasteiger partial charge in [-0.05, 0) is 37.0 Å². The zero-order valence-corrected chi connectivity index (χ0v) is 11.2. The Morgan fingerprint density at radius 1 is 1.11 bits per heavy atom. The number of aryl methyl sites for hydroxylation is 2. The van der Waals surface area contributed by atoms with E-state index in [0.717, 1.165) is 24.1 Å². The molecule has 3 heteroatoms. The van der Waals surface area contributed by atoms with Gasteiger partial charge in [0.15, 0.2) is 0 Å². The van der Waals surface area contributed by atoms with Gasteiger partial charge in [0.25, 0.3) is 0 Å². The first-order valence-electron chi connectivity index (χ1n) is 6.53. The zero-order chi connectivity index (χ0) is 13.5. The summed E-state index contributed by atoms with van der Waals surface area (Å²) in [4.78, 5) is 4.29. The van der Waals surface area contributed by atoms with E-state index in [0.29, 0.717) is 12.5 Å². The molecule has 0 aliphatic carbocycles. The number of aliphatic hydroxyl groups excluding tert-OH is 1. The van der Waals surface area contributed by atoms with E-state index in [1.54, 1.807) is 6.07 Å². The van der Waals surface area contributed by atoms with Gasteiger partial charge in [-0.3, -0.25) is 0 Å². The lowest BCUT2D eigenvalue weighted by atomic mass is 10.1. The summed E-state index contributed by atoms with van der Waals surface area (Å²) in [7, 11) is 0. The van der Waals surface area contributed by atoms with E-state index < -0.39 is 0 Å². The third-order valence-corrected chi connectivity index (χ3v) is 2.87. The summed E-state index contributed by atoms with van der Waals surface area (Å²) in [5.74, 6) is 0.595. The summed E-state index contributed by atoms with van der Waals surface area (Å²) >= 11 is 0. The minimum absolute atomic E-state index is 0.0176. The molecule has 0 saturated carbocycles. The van der Waals surface area contributed by atoms with E-state index in [1.807, 2.05) is 31.2 Å². The number of aliphatic hydroxyl groups is 1. The molecule has 1 heterocycles. The molecule has 0 radical (unpaired) electrons. The number of nitrogens with zero attached hydrogens (tertiary/aromatic N) is 1. The van der Waals surface area contributed by atoms with E-state index in [-0.39, 0.29) is 6.61 Å². The maximum atomic E-state index is 9.12. The SMILES string of the molecule is Cc1cc(CO)cc(OCCCc2ccccc2)n1. The van der Waals surface area contributed by atoms with Crippen molar-refractivity contribution in [1.29, 1.82) is 0 Å². The molecule has 1 aromatic heterocycles. The van der Waals surface area contributed by atoms with Crippen LogP contribution in [0.4, 0.5) is 0 Å². The number of aromatic nitrogens is 1. The first-order chi connectivity index (χ1) is 9.28. The highest BCUT2D eigenvalue weighted by Crippen LogP contribution is 2.13. The zero-order valence-electron chi connectivity index (χ0n) is 11.2. The fourth-order valence-electron chi connectivity index (χ4n) is 1.97. The van der Waals surface area contributed by atoms with Crippen molar-refractivity contribution in [3.05, 3.63) is 59.3 Å². The molecule has 0 spiro atoms. The highest BCUT2D eigenvalue weighted by Gasteiger charge is 2.01. The topological polar surface area (TPSA) is 42.4 Å². The number of hydrogen-bond acceptors (Lipinski definition) is 3. The van der Waals surface area contributed by atoms with Crippen LogP contribution in [0.25, 0.3) is 0 Å². The van der Waals surface area contributed by atoms with Crippen LogP contribution >= 0.6 is 0 Å². The van der Waals surface area contributed by atoms with Crippen molar-refractivity contribution in [3.8, 4) is 5.88 Å². The van der Waals surface area contributed by atoms with Crippen LogP contribution in [0.1, 0.15) is 23.2 Å². The predicted octanol–water partition coefficient (Wildman–Crippen LogP) is 2.89. The number of rotatable bonds is 6. The van der Waals surface area contributed by atoms with E-state index >= 15 is 0 Å². The molecule has 0 amide bonds. The van der Waals surface area contributed by atoms with Crippen molar-refractivity contribution in [2.45, 2.75) is 26.4 Å². The fraction of sp³-hybridized carbons (Fsp3) is 0.312. The summed E-state index contributed by atoms with van der Waals surface area (Å²) in [5, 5.41) is 9.12. The van der Waals surface area contributed by atoms with Crippen LogP contribution in [-0.4, -0.2) is 16.7 Å². The van der Waals surface area contributed by atoms with E-state index in [2.05, 4.69) is 17.1 Å². The minimum atomic E-state index is 0.0176. The molecule has 2 aromatic rings. The monoisotopic (exact) mass is 257 g/mol. The third kappa shape index (κ3) is 4.38. The molecule has 0 atom stereocenters. The van der Waals surface area contributed by atoms with Crippen molar-refractivity contribution < 1.29 is 9.84 Å². The summed E-state index contributed by atoms with van der Waals surface area (Å²) in [6.07, 6.45) is 1.95. The first-order valence-corrected chi connectivity index (χ1v) is 6.53. The summed E-state index contributed by atoms with van der Waals surface area (Å²) < 4.78 is 5.63. The Morgan fingerprint density at radius 3 is 2.63 bits per heavy atom. The molecule has 0 bridgehead atoms. The normalized spacial score (nSPS) is 10.4. The fourth-order valence-corrected chi connectivity index (χ4v) is 1.97. The number of ether oxygens (including phenoxy) is 1. The molecule has 0 fully saturated rings. The molecule has 0 aliphatic rings. The Labute approximate surface area is 113 Å². The second kappa shape index (κ2) is 6.90. The van der Waals surface area contributed by atoms with Gasteiger partial charge in [0.1, 0.15) is 0 Å². The van der Waals surface area contributed by atoms with Crippen LogP contribution in [-0.2, 0) is 13.0 Å². The van der Waals surface area contributed by atoms with E-state index in [4.69, 9.17) is 9.84 Å². The molecule has 19 heavy (non-hydrogen) atoms. The van der Waals surface area contributed by atoms with Crippen LogP contribution < -0.4 is 4.74 Å². The van der Waals surface area contributed by atoms with Crippen LogP contribution in [0.3, 0.4) is 0 Å². The van der Waals surface area contributed by atoms with Crippen molar-refractivity contribution >= 4 is 0 Å².